The maximum absolute atomic E-state index is 11.0. The van der Waals surface area contributed by atoms with Gasteiger partial charge in [0.05, 0.1) is 0 Å². The van der Waals surface area contributed by atoms with Crippen LogP contribution in [0.5, 0.6) is 5.75 Å². The zero-order valence-electron chi connectivity index (χ0n) is 8.20. The molecule has 0 saturated carbocycles. The van der Waals surface area contributed by atoms with Gasteiger partial charge in [-0.1, -0.05) is 12.1 Å². The minimum atomic E-state index is -1.09. The molecule has 1 N–H and O–H groups in total. The van der Waals surface area contributed by atoms with Crippen molar-refractivity contribution >= 4 is 5.97 Å². The Labute approximate surface area is 82.3 Å². The van der Waals surface area contributed by atoms with Crippen LogP contribution in [0.15, 0.2) is 18.2 Å². The minimum absolute atomic E-state index is 0.442. The number of aryl methyl sites for hydroxylation is 1. The van der Waals surface area contributed by atoms with Crippen molar-refractivity contribution in [3.8, 4) is 5.75 Å². The molecule has 14 heavy (non-hydrogen) atoms. The van der Waals surface area contributed by atoms with Crippen LogP contribution in [-0.4, -0.2) is 16.7 Å². The van der Waals surface area contributed by atoms with Gasteiger partial charge >= 0.3 is 5.97 Å². The van der Waals surface area contributed by atoms with E-state index in [1.807, 2.05) is 25.1 Å². The normalized spacial score (nSPS) is 24.1. The predicted octanol–water partition coefficient (Wildman–Crippen LogP) is 1.77. The number of fused-ring (bicyclic) bond motifs is 1. The van der Waals surface area contributed by atoms with E-state index in [1.54, 1.807) is 6.92 Å². The van der Waals surface area contributed by atoms with Gasteiger partial charge in [-0.15, -0.1) is 0 Å². The van der Waals surface area contributed by atoms with Gasteiger partial charge in [0.15, 0.2) is 0 Å². The largest absolute Gasteiger partial charge is 0.478 e. The lowest BCUT2D eigenvalue weighted by molar-refractivity contribution is -0.152. The second-order valence-electron chi connectivity index (χ2n) is 3.93. The molecule has 0 saturated heterocycles. The van der Waals surface area contributed by atoms with E-state index < -0.39 is 11.6 Å². The van der Waals surface area contributed by atoms with Gasteiger partial charge in [0, 0.05) is 6.42 Å². The Balaban J connectivity index is 2.39. The van der Waals surface area contributed by atoms with Crippen molar-refractivity contribution in [3.63, 3.8) is 0 Å². The van der Waals surface area contributed by atoms with E-state index in [0.29, 0.717) is 12.2 Å². The summed E-state index contributed by atoms with van der Waals surface area (Å²) in [4.78, 5) is 11.0. The summed E-state index contributed by atoms with van der Waals surface area (Å²) < 4.78 is 5.44. The van der Waals surface area contributed by atoms with E-state index in [2.05, 4.69) is 0 Å². The van der Waals surface area contributed by atoms with Crippen molar-refractivity contribution in [2.24, 2.45) is 0 Å². The Morgan fingerprint density at radius 1 is 1.57 bits per heavy atom. The molecule has 2 rings (SSSR count). The van der Waals surface area contributed by atoms with Crippen LogP contribution >= 0.6 is 0 Å². The van der Waals surface area contributed by atoms with E-state index >= 15 is 0 Å². The first kappa shape index (κ1) is 9.06. The first-order chi connectivity index (χ1) is 6.51. The highest BCUT2D eigenvalue weighted by atomic mass is 16.5. The Morgan fingerprint density at radius 2 is 2.29 bits per heavy atom. The summed E-state index contributed by atoms with van der Waals surface area (Å²) in [5.41, 5.74) is 0.967. The minimum Gasteiger partial charge on any atom is -0.478 e. The summed E-state index contributed by atoms with van der Waals surface area (Å²) in [6.07, 6.45) is 0.442. The summed E-state index contributed by atoms with van der Waals surface area (Å²) in [6, 6.07) is 5.78. The summed E-state index contributed by atoms with van der Waals surface area (Å²) >= 11 is 0. The molecule has 3 heteroatoms. The third kappa shape index (κ3) is 1.25. The number of carbonyl (C=O) groups is 1. The van der Waals surface area contributed by atoms with Gasteiger partial charge in [-0.25, -0.2) is 4.79 Å². The first-order valence-electron chi connectivity index (χ1n) is 4.53. The molecule has 1 aliphatic heterocycles. The molecule has 0 fully saturated rings. The van der Waals surface area contributed by atoms with Crippen LogP contribution < -0.4 is 4.74 Å². The molecular weight excluding hydrogens is 180 g/mol. The van der Waals surface area contributed by atoms with Crippen molar-refractivity contribution in [1.29, 1.82) is 0 Å². The summed E-state index contributed by atoms with van der Waals surface area (Å²) in [6.45, 7) is 3.56. The SMILES string of the molecule is Cc1ccc2c(c1)OC(C)(C(=O)O)C2. The van der Waals surface area contributed by atoms with Crippen LogP contribution in [0.4, 0.5) is 0 Å². The fourth-order valence-electron chi connectivity index (χ4n) is 1.66. The van der Waals surface area contributed by atoms with Crippen molar-refractivity contribution < 1.29 is 14.6 Å². The molecular formula is C11H12O3. The van der Waals surface area contributed by atoms with Crippen LogP contribution in [0.2, 0.25) is 0 Å². The Hall–Kier alpha value is -1.51. The Bertz CT molecular complexity index is 398. The van der Waals surface area contributed by atoms with Gasteiger partial charge in [-0.05, 0) is 31.0 Å². The van der Waals surface area contributed by atoms with Crippen LogP contribution in [-0.2, 0) is 11.2 Å². The number of carboxylic acid groups (broad SMARTS) is 1. The quantitative estimate of drug-likeness (QED) is 0.737. The van der Waals surface area contributed by atoms with Crippen molar-refractivity contribution in [1.82, 2.24) is 0 Å². The number of rotatable bonds is 1. The van der Waals surface area contributed by atoms with Crippen LogP contribution in [0.25, 0.3) is 0 Å². The third-order valence-corrected chi connectivity index (χ3v) is 2.54. The highest BCUT2D eigenvalue weighted by Gasteiger charge is 2.41. The lowest BCUT2D eigenvalue weighted by Crippen LogP contribution is -2.39. The van der Waals surface area contributed by atoms with E-state index in [0.717, 1.165) is 11.1 Å². The van der Waals surface area contributed by atoms with Gasteiger partial charge in [0.2, 0.25) is 5.60 Å². The summed E-state index contributed by atoms with van der Waals surface area (Å²) in [5, 5.41) is 8.99. The standard InChI is InChI=1S/C11H12O3/c1-7-3-4-8-6-11(2,10(12)13)14-9(8)5-7/h3-5H,6H2,1-2H3,(H,12,13). The van der Waals surface area contributed by atoms with Gasteiger partial charge in [0.25, 0.3) is 0 Å². The number of benzene rings is 1. The Kier molecular flexibility index (Phi) is 1.77. The number of aliphatic carboxylic acids is 1. The molecule has 1 aromatic rings. The average molecular weight is 192 g/mol. The molecule has 1 aliphatic rings. The van der Waals surface area contributed by atoms with Crippen LogP contribution in [0.3, 0.4) is 0 Å². The first-order valence-corrected chi connectivity index (χ1v) is 4.53. The zero-order valence-corrected chi connectivity index (χ0v) is 8.20. The molecule has 1 atom stereocenters. The second-order valence-corrected chi connectivity index (χ2v) is 3.93. The van der Waals surface area contributed by atoms with Gasteiger partial charge in [-0.3, -0.25) is 0 Å². The fourth-order valence-corrected chi connectivity index (χ4v) is 1.66. The number of ether oxygens (including phenoxy) is 1. The highest BCUT2D eigenvalue weighted by molar-refractivity contribution is 5.79. The van der Waals surface area contributed by atoms with E-state index in [9.17, 15) is 4.79 Å². The van der Waals surface area contributed by atoms with Crippen LogP contribution in [0, 0.1) is 6.92 Å². The maximum atomic E-state index is 11.0. The number of hydrogen-bond acceptors (Lipinski definition) is 2. The molecule has 1 heterocycles. The predicted molar refractivity (Wildman–Crippen MR) is 51.6 cm³/mol. The van der Waals surface area contributed by atoms with E-state index in [4.69, 9.17) is 9.84 Å². The van der Waals surface area contributed by atoms with Gasteiger partial charge < -0.3 is 9.84 Å². The molecule has 1 aromatic carbocycles. The molecule has 3 nitrogen and oxygen atoms in total. The second kappa shape index (κ2) is 2.74. The average Bonchev–Trinajstić information content (AvgIpc) is 2.42. The molecule has 0 bridgehead atoms. The smallest absolute Gasteiger partial charge is 0.348 e. The highest BCUT2D eigenvalue weighted by Crippen LogP contribution is 2.35. The monoisotopic (exact) mass is 192 g/mol. The molecule has 1 unspecified atom stereocenters. The summed E-state index contributed by atoms with van der Waals surface area (Å²) in [5.74, 6) is -0.207. The van der Waals surface area contributed by atoms with Crippen molar-refractivity contribution in [2.45, 2.75) is 25.9 Å². The van der Waals surface area contributed by atoms with Crippen molar-refractivity contribution in [3.05, 3.63) is 29.3 Å². The molecule has 74 valence electrons. The molecule has 0 amide bonds. The maximum Gasteiger partial charge on any atom is 0.348 e. The summed E-state index contributed by atoms with van der Waals surface area (Å²) in [7, 11) is 0. The molecule has 0 aliphatic carbocycles. The Morgan fingerprint density at radius 3 is 2.93 bits per heavy atom. The van der Waals surface area contributed by atoms with E-state index in [1.165, 1.54) is 0 Å². The topological polar surface area (TPSA) is 46.5 Å². The number of carboxylic acids is 1. The number of hydrogen-bond donors (Lipinski definition) is 1. The van der Waals surface area contributed by atoms with Crippen LogP contribution in [0.1, 0.15) is 18.1 Å². The zero-order chi connectivity index (χ0) is 10.3. The molecule has 0 spiro atoms. The third-order valence-electron chi connectivity index (χ3n) is 2.54. The van der Waals surface area contributed by atoms with Crippen molar-refractivity contribution in [2.75, 3.05) is 0 Å². The lowest BCUT2D eigenvalue weighted by atomic mass is 9.99. The lowest BCUT2D eigenvalue weighted by Gasteiger charge is -2.17. The molecule has 0 aromatic heterocycles. The van der Waals surface area contributed by atoms with Gasteiger partial charge in [-0.2, -0.15) is 0 Å². The van der Waals surface area contributed by atoms with E-state index in [-0.39, 0.29) is 0 Å². The van der Waals surface area contributed by atoms with Gasteiger partial charge in [0.1, 0.15) is 5.75 Å². The molecule has 0 radical (unpaired) electrons. The fraction of sp³-hybridized carbons (Fsp3) is 0.364.